The first-order valence-corrected chi connectivity index (χ1v) is 21.1. The lowest BCUT2D eigenvalue weighted by atomic mass is 9.34. The van der Waals surface area contributed by atoms with Gasteiger partial charge in [0, 0.05) is 22.9 Å². The van der Waals surface area contributed by atoms with E-state index in [2.05, 4.69) is 225 Å². The van der Waals surface area contributed by atoms with Crippen molar-refractivity contribution < 1.29 is 9.47 Å². The van der Waals surface area contributed by atoms with Gasteiger partial charge >= 0.3 is 0 Å². The maximum atomic E-state index is 7.03. The van der Waals surface area contributed by atoms with Gasteiger partial charge in [0.25, 0.3) is 6.71 Å². The summed E-state index contributed by atoms with van der Waals surface area (Å²) in [6, 6.07) is 74.8. The highest BCUT2D eigenvalue weighted by Gasteiger charge is 2.51. The second-order valence-corrected chi connectivity index (χ2v) is 16.5. The van der Waals surface area contributed by atoms with Gasteiger partial charge in [-0.3, -0.25) is 0 Å². The second kappa shape index (κ2) is 13.8. The van der Waals surface area contributed by atoms with Crippen LogP contribution in [-0.2, 0) is 5.41 Å². The quantitative estimate of drug-likeness (QED) is 0.166. The van der Waals surface area contributed by atoms with Crippen molar-refractivity contribution in [3.63, 3.8) is 0 Å². The lowest BCUT2D eigenvalue weighted by molar-refractivity contribution is 0.434. The molecule has 1 spiro atoms. The normalized spacial score (nSPS) is 13.7. The van der Waals surface area contributed by atoms with Gasteiger partial charge in [0.05, 0.1) is 16.8 Å². The van der Waals surface area contributed by atoms with Gasteiger partial charge in [-0.05, 0) is 94.6 Å². The Labute approximate surface area is 357 Å². The van der Waals surface area contributed by atoms with Crippen LogP contribution < -0.4 is 30.8 Å². The van der Waals surface area contributed by atoms with E-state index >= 15 is 0 Å². The standard InChI is InChI=1S/C57H40BNO2/c1-37-28-32-50-46(34-37)57(44-22-9-12-25-52(44)60-53-26-13-10-23-45(53)57)47-35-38(2)29-33-51(47)59(50)41-30-31-49-55(36-41)61-54-27-14-11-24-48(54)58(49)56-42(39-16-5-3-6-17-39)20-15-21-43(56)40-18-7-4-8-19-40/h3-36H,1-2H3. The van der Waals surface area contributed by atoms with E-state index in [1.165, 1.54) is 50.0 Å². The number of rotatable bonds is 4. The van der Waals surface area contributed by atoms with Gasteiger partial charge in [-0.2, -0.15) is 0 Å². The molecule has 3 aliphatic heterocycles. The summed E-state index contributed by atoms with van der Waals surface area (Å²) in [7, 11) is 0. The number of aryl methyl sites for hydroxylation is 2. The highest BCUT2D eigenvalue weighted by molar-refractivity contribution is 6.98. The third kappa shape index (κ3) is 5.32. The lowest BCUT2D eigenvalue weighted by Gasteiger charge is -2.49. The molecule has 0 saturated heterocycles. The van der Waals surface area contributed by atoms with Crippen LogP contribution >= 0.6 is 0 Å². The summed E-state index contributed by atoms with van der Waals surface area (Å²) in [6.07, 6.45) is 0. The summed E-state index contributed by atoms with van der Waals surface area (Å²) in [6.45, 7) is 4.30. The molecule has 3 aliphatic rings. The van der Waals surface area contributed by atoms with E-state index in [0.717, 1.165) is 62.1 Å². The maximum Gasteiger partial charge on any atom is 0.252 e. The molecule has 4 heteroatoms. The molecule has 0 fully saturated rings. The van der Waals surface area contributed by atoms with Gasteiger partial charge in [-0.15, -0.1) is 0 Å². The summed E-state index contributed by atoms with van der Waals surface area (Å²) < 4.78 is 13.7. The summed E-state index contributed by atoms with van der Waals surface area (Å²) in [5.41, 5.74) is 18.2. The molecule has 288 valence electrons. The Morgan fingerprint density at radius 1 is 0.393 bits per heavy atom. The SMILES string of the molecule is Cc1ccc2c(c1)C1(c3ccccc3Oc3ccccc31)c1cc(C)ccc1N2c1ccc2c(c1)Oc1ccccc1B2c1c(-c2ccccc2)cccc1-c1ccccc1. The third-order valence-electron chi connectivity index (χ3n) is 13.0. The molecule has 0 radical (unpaired) electrons. The Balaban J connectivity index is 1.10. The molecule has 9 aromatic carbocycles. The molecule has 0 unspecified atom stereocenters. The van der Waals surface area contributed by atoms with E-state index < -0.39 is 5.41 Å². The minimum atomic E-state index is -0.617. The van der Waals surface area contributed by atoms with E-state index in [1.807, 2.05) is 0 Å². The van der Waals surface area contributed by atoms with Crippen molar-refractivity contribution in [3.8, 4) is 45.3 Å². The number of hydrogen-bond acceptors (Lipinski definition) is 3. The highest BCUT2D eigenvalue weighted by atomic mass is 16.5. The lowest BCUT2D eigenvalue weighted by Crippen LogP contribution is -2.56. The van der Waals surface area contributed by atoms with Gasteiger partial charge in [-0.1, -0.05) is 180 Å². The van der Waals surface area contributed by atoms with Crippen LogP contribution in [0.3, 0.4) is 0 Å². The van der Waals surface area contributed by atoms with Crippen LogP contribution in [0.1, 0.15) is 33.4 Å². The van der Waals surface area contributed by atoms with Crippen LogP contribution in [0.2, 0.25) is 0 Å². The molecule has 0 aromatic heterocycles. The molecule has 9 aromatic rings. The van der Waals surface area contributed by atoms with Gasteiger partial charge in [-0.25, -0.2) is 0 Å². The number of benzene rings is 9. The molecule has 12 rings (SSSR count). The zero-order valence-electron chi connectivity index (χ0n) is 34.0. The van der Waals surface area contributed by atoms with Crippen molar-refractivity contribution in [1.29, 1.82) is 0 Å². The number of nitrogens with zero attached hydrogens (tertiary/aromatic N) is 1. The maximum absolute atomic E-state index is 7.03. The first-order chi connectivity index (χ1) is 30.1. The van der Waals surface area contributed by atoms with Crippen molar-refractivity contribution in [3.05, 3.63) is 240 Å². The van der Waals surface area contributed by atoms with Crippen LogP contribution in [0, 0.1) is 13.8 Å². The number of hydrogen-bond donors (Lipinski definition) is 0. The Hall–Kier alpha value is -7.56. The summed E-state index contributed by atoms with van der Waals surface area (Å²) in [5, 5.41) is 0. The molecule has 3 heterocycles. The first-order valence-electron chi connectivity index (χ1n) is 21.1. The van der Waals surface area contributed by atoms with Gasteiger partial charge in [0.1, 0.15) is 23.0 Å². The van der Waals surface area contributed by atoms with E-state index in [1.54, 1.807) is 0 Å². The molecule has 0 amide bonds. The molecule has 0 bridgehead atoms. The smallest absolute Gasteiger partial charge is 0.252 e. The molecular weight excluding hydrogens is 741 g/mol. The number of anilines is 3. The number of para-hydroxylation sites is 3. The Morgan fingerprint density at radius 2 is 0.885 bits per heavy atom. The average molecular weight is 782 g/mol. The molecule has 61 heavy (non-hydrogen) atoms. The van der Waals surface area contributed by atoms with E-state index in [4.69, 9.17) is 9.47 Å². The van der Waals surface area contributed by atoms with Crippen LogP contribution in [0.25, 0.3) is 22.3 Å². The number of fused-ring (bicyclic) bond motifs is 10. The molecule has 3 nitrogen and oxygen atoms in total. The van der Waals surface area contributed by atoms with E-state index in [-0.39, 0.29) is 6.71 Å². The zero-order chi connectivity index (χ0) is 40.7. The van der Waals surface area contributed by atoms with Crippen LogP contribution in [0.15, 0.2) is 206 Å². The van der Waals surface area contributed by atoms with Crippen molar-refractivity contribution in [2.45, 2.75) is 19.3 Å². The average Bonchev–Trinajstić information content (AvgIpc) is 3.31. The summed E-state index contributed by atoms with van der Waals surface area (Å²) in [4.78, 5) is 2.45. The third-order valence-corrected chi connectivity index (χ3v) is 13.0. The fourth-order valence-electron chi connectivity index (χ4n) is 10.4. The molecule has 0 aliphatic carbocycles. The predicted molar refractivity (Wildman–Crippen MR) is 251 cm³/mol. The predicted octanol–water partition coefficient (Wildman–Crippen LogP) is 12.5. The Morgan fingerprint density at radius 3 is 1.48 bits per heavy atom. The van der Waals surface area contributed by atoms with E-state index in [0.29, 0.717) is 0 Å². The van der Waals surface area contributed by atoms with Crippen molar-refractivity contribution in [2.24, 2.45) is 0 Å². The fraction of sp³-hybridized carbons (Fsp3) is 0.0526. The van der Waals surface area contributed by atoms with Crippen LogP contribution in [0.5, 0.6) is 23.0 Å². The molecule has 0 atom stereocenters. The Bertz CT molecular complexity index is 3030. The fourth-order valence-corrected chi connectivity index (χ4v) is 10.4. The van der Waals surface area contributed by atoms with Crippen molar-refractivity contribution in [2.75, 3.05) is 4.90 Å². The Kier molecular flexibility index (Phi) is 7.98. The summed E-state index contributed by atoms with van der Waals surface area (Å²) >= 11 is 0. The van der Waals surface area contributed by atoms with Gasteiger partial charge in [0.15, 0.2) is 0 Å². The molecular formula is C57H40BNO2. The largest absolute Gasteiger partial charge is 0.458 e. The second-order valence-electron chi connectivity index (χ2n) is 16.5. The molecule has 0 saturated carbocycles. The minimum absolute atomic E-state index is 0.0923. The van der Waals surface area contributed by atoms with Gasteiger partial charge < -0.3 is 14.4 Å². The zero-order valence-corrected chi connectivity index (χ0v) is 34.0. The topological polar surface area (TPSA) is 21.7 Å². The van der Waals surface area contributed by atoms with Crippen molar-refractivity contribution in [1.82, 2.24) is 0 Å². The van der Waals surface area contributed by atoms with Crippen molar-refractivity contribution >= 4 is 40.2 Å². The minimum Gasteiger partial charge on any atom is -0.458 e. The monoisotopic (exact) mass is 781 g/mol. The number of ether oxygens (including phenoxy) is 2. The molecule has 0 N–H and O–H groups in total. The summed E-state index contributed by atoms with van der Waals surface area (Å²) in [5.74, 6) is 3.49. The highest BCUT2D eigenvalue weighted by Crippen LogP contribution is 2.63. The van der Waals surface area contributed by atoms with Gasteiger partial charge in [0.2, 0.25) is 0 Å². The van der Waals surface area contributed by atoms with E-state index in [9.17, 15) is 0 Å². The van der Waals surface area contributed by atoms with Crippen LogP contribution in [-0.4, -0.2) is 6.71 Å². The first kappa shape index (κ1) is 35.4. The van der Waals surface area contributed by atoms with Crippen LogP contribution in [0.4, 0.5) is 17.1 Å².